The minimum atomic E-state index is 0.189. The molecule has 1 aromatic rings. The Hall–Kier alpha value is -1.55. The molecule has 2 rings (SSSR count). The normalized spacial score (nSPS) is 16.2. The number of carbonyl (C=O) groups is 1. The van der Waals surface area contributed by atoms with Crippen LogP contribution in [-0.2, 0) is 11.3 Å². The van der Waals surface area contributed by atoms with Gasteiger partial charge >= 0.3 is 0 Å². The van der Waals surface area contributed by atoms with Crippen LogP contribution in [0.15, 0.2) is 24.3 Å². The van der Waals surface area contributed by atoms with E-state index < -0.39 is 0 Å². The summed E-state index contributed by atoms with van der Waals surface area (Å²) in [5, 5.41) is 3.27. The quantitative estimate of drug-likeness (QED) is 0.899. The summed E-state index contributed by atoms with van der Waals surface area (Å²) in [6.45, 7) is 6.86. The molecule has 0 saturated carbocycles. The lowest BCUT2D eigenvalue weighted by atomic mass is 10.1. The number of amides is 1. The minimum absolute atomic E-state index is 0.189. The van der Waals surface area contributed by atoms with Gasteiger partial charge in [-0.3, -0.25) is 4.79 Å². The third-order valence-electron chi connectivity index (χ3n) is 3.34. The lowest BCUT2D eigenvalue weighted by Gasteiger charge is -2.22. The highest BCUT2D eigenvalue weighted by Crippen LogP contribution is 2.22. The van der Waals surface area contributed by atoms with Gasteiger partial charge in [-0.15, -0.1) is 0 Å². The maximum absolute atomic E-state index is 12.3. The summed E-state index contributed by atoms with van der Waals surface area (Å²) in [5.74, 6) is 1.09. The van der Waals surface area contributed by atoms with Crippen molar-refractivity contribution >= 4 is 5.91 Å². The molecule has 1 N–H and O–H groups in total. The number of hydrogen-bond acceptors (Lipinski definition) is 3. The Bertz CT molecular complexity index is 434. The van der Waals surface area contributed by atoms with Crippen LogP contribution >= 0.6 is 0 Å². The van der Waals surface area contributed by atoms with Crippen LogP contribution in [0.25, 0.3) is 0 Å². The molecule has 1 atom stereocenters. The molecule has 1 aliphatic rings. The third kappa shape index (κ3) is 3.70. The van der Waals surface area contributed by atoms with Crippen LogP contribution in [0.3, 0.4) is 0 Å². The second-order valence-electron chi connectivity index (χ2n) is 4.93. The topological polar surface area (TPSA) is 41.6 Å². The summed E-state index contributed by atoms with van der Waals surface area (Å²) in [6.07, 6.45) is 0.538. The molecule has 0 fully saturated rings. The molecule has 0 bridgehead atoms. The van der Waals surface area contributed by atoms with E-state index in [9.17, 15) is 4.79 Å². The molecule has 0 radical (unpaired) electrons. The number of rotatable bonds is 4. The lowest BCUT2D eigenvalue weighted by Crippen LogP contribution is -2.37. The Balaban J connectivity index is 2.00. The molecule has 19 heavy (non-hydrogen) atoms. The van der Waals surface area contributed by atoms with Gasteiger partial charge in [-0.25, -0.2) is 0 Å². The molecule has 1 aromatic carbocycles. The summed E-state index contributed by atoms with van der Waals surface area (Å²) in [5.41, 5.74) is 1.09. The Morgan fingerprint density at radius 2 is 2.26 bits per heavy atom. The van der Waals surface area contributed by atoms with Gasteiger partial charge in [0.1, 0.15) is 12.4 Å². The van der Waals surface area contributed by atoms with E-state index in [0.29, 0.717) is 26.1 Å². The average Bonchev–Trinajstić information content (AvgIpc) is 2.61. The molecule has 1 amide bonds. The van der Waals surface area contributed by atoms with Crippen LogP contribution < -0.4 is 10.1 Å². The molecule has 1 heterocycles. The molecular weight excluding hydrogens is 240 g/mol. The van der Waals surface area contributed by atoms with Crippen molar-refractivity contribution in [3.05, 3.63) is 29.8 Å². The van der Waals surface area contributed by atoms with Crippen molar-refractivity contribution in [3.8, 4) is 5.75 Å². The molecule has 104 valence electrons. The lowest BCUT2D eigenvalue weighted by molar-refractivity contribution is -0.132. The van der Waals surface area contributed by atoms with Gasteiger partial charge in [-0.1, -0.05) is 25.1 Å². The highest BCUT2D eigenvalue weighted by atomic mass is 16.5. The van der Waals surface area contributed by atoms with E-state index >= 15 is 0 Å². The van der Waals surface area contributed by atoms with Crippen LogP contribution in [0.2, 0.25) is 0 Å². The van der Waals surface area contributed by atoms with Crippen molar-refractivity contribution in [1.29, 1.82) is 0 Å². The number of nitrogens with zero attached hydrogens (tertiary/aromatic N) is 1. The van der Waals surface area contributed by atoms with Crippen molar-refractivity contribution in [3.63, 3.8) is 0 Å². The van der Waals surface area contributed by atoms with Gasteiger partial charge in [0.25, 0.3) is 0 Å². The molecule has 0 aromatic heterocycles. The van der Waals surface area contributed by atoms with Crippen molar-refractivity contribution in [2.45, 2.75) is 32.9 Å². The summed E-state index contributed by atoms with van der Waals surface area (Å²) in [6, 6.07) is 8.15. The molecular formula is C15H22N2O2. The fourth-order valence-corrected chi connectivity index (χ4v) is 2.35. The van der Waals surface area contributed by atoms with Crippen molar-refractivity contribution < 1.29 is 9.53 Å². The zero-order valence-corrected chi connectivity index (χ0v) is 11.7. The Morgan fingerprint density at radius 3 is 3.05 bits per heavy atom. The highest BCUT2D eigenvalue weighted by Gasteiger charge is 2.20. The number of fused-ring (bicyclic) bond motifs is 1. The second kappa shape index (κ2) is 6.57. The molecule has 4 nitrogen and oxygen atoms in total. The van der Waals surface area contributed by atoms with Crippen LogP contribution in [0.5, 0.6) is 5.75 Å². The molecule has 0 aliphatic carbocycles. The summed E-state index contributed by atoms with van der Waals surface area (Å²) < 4.78 is 5.67. The molecule has 1 aliphatic heterocycles. The number of carbonyl (C=O) groups excluding carboxylic acids is 1. The third-order valence-corrected chi connectivity index (χ3v) is 3.34. The smallest absolute Gasteiger partial charge is 0.224 e. The number of para-hydroxylation sites is 1. The van der Waals surface area contributed by atoms with E-state index in [1.54, 1.807) is 0 Å². The Labute approximate surface area is 114 Å². The fraction of sp³-hybridized carbons (Fsp3) is 0.533. The van der Waals surface area contributed by atoms with Gasteiger partial charge in [-0.05, 0) is 19.5 Å². The highest BCUT2D eigenvalue weighted by molar-refractivity contribution is 5.77. The second-order valence-corrected chi connectivity index (χ2v) is 4.93. The SMILES string of the molecule is CCNC(C)CC(=O)N1CCOc2ccccc2C1. The van der Waals surface area contributed by atoms with Gasteiger partial charge in [0.2, 0.25) is 5.91 Å². The van der Waals surface area contributed by atoms with Gasteiger partial charge in [0.15, 0.2) is 0 Å². The number of hydrogen-bond donors (Lipinski definition) is 1. The Kier molecular flexibility index (Phi) is 4.80. The van der Waals surface area contributed by atoms with E-state index in [-0.39, 0.29) is 11.9 Å². The number of ether oxygens (including phenoxy) is 1. The van der Waals surface area contributed by atoms with E-state index in [1.165, 1.54) is 0 Å². The van der Waals surface area contributed by atoms with E-state index in [2.05, 4.69) is 12.2 Å². The first-order valence-corrected chi connectivity index (χ1v) is 6.92. The first kappa shape index (κ1) is 13.9. The number of benzene rings is 1. The Morgan fingerprint density at radius 1 is 1.47 bits per heavy atom. The van der Waals surface area contributed by atoms with E-state index in [1.807, 2.05) is 36.1 Å². The molecule has 4 heteroatoms. The van der Waals surface area contributed by atoms with Crippen LogP contribution in [0.4, 0.5) is 0 Å². The summed E-state index contributed by atoms with van der Waals surface area (Å²) in [7, 11) is 0. The van der Waals surface area contributed by atoms with Gasteiger partial charge in [-0.2, -0.15) is 0 Å². The molecule has 0 saturated heterocycles. The van der Waals surface area contributed by atoms with Crippen molar-refractivity contribution in [1.82, 2.24) is 10.2 Å². The first-order chi connectivity index (χ1) is 9.20. The van der Waals surface area contributed by atoms with Crippen LogP contribution in [-0.4, -0.2) is 36.5 Å². The van der Waals surface area contributed by atoms with Crippen LogP contribution in [0, 0.1) is 0 Å². The minimum Gasteiger partial charge on any atom is -0.491 e. The standard InChI is InChI=1S/C15H22N2O2/c1-3-16-12(2)10-15(18)17-8-9-19-14-7-5-4-6-13(14)11-17/h4-7,12,16H,3,8-11H2,1-2H3. The van der Waals surface area contributed by atoms with Gasteiger partial charge in [0, 0.05) is 24.6 Å². The zero-order chi connectivity index (χ0) is 13.7. The predicted molar refractivity (Wildman–Crippen MR) is 75.1 cm³/mol. The van der Waals surface area contributed by atoms with Gasteiger partial charge in [0.05, 0.1) is 6.54 Å². The van der Waals surface area contributed by atoms with Crippen LogP contribution in [0.1, 0.15) is 25.8 Å². The predicted octanol–water partition coefficient (Wildman–Crippen LogP) is 1.80. The fourth-order valence-electron chi connectivity index (χ4n) is 2.35. The maximum atomic E-state index is 12.3. The molecule has 0 spiro atoms. The van der Waals surface area contributed by atoms with E-state index in [4.69, 9.17) is 4.74 Å². The summed E-state index contributed by atoms with van der Waals surface area (Å²) >= 11 is 0. The van der Waals surface area contributed by atoms with Gasteiger partial charge < -0.3 is 15.0 Å². The summed E-state index contributed by atoms with van der Waals surface area (Å²) in [4.78, 5) is 14.2. The largest absolute Gasteiger partial charge is 0.491 e. The zero-order valence-electron chi connectivity index (χ0n) is 11.7. The number of nitrogens with one attached hydrogen (secondary N) is 1. The first-order valence-electron chi connectivity index (χ1n) is 6.92. The maximum Gasteiger partial charge on any atom is 0.224 e. The van der Waals surface area contributed by atoms with E-state index in [0.717, 1.165) is 17.9 Å². The van der Waals surface area contributed by atoms with Crippen molar-refractivity contribution in [2.24, 2.45) is 0 Å². The molecule has 1 unspecified atom stereocenters. The average molecular weight is 262 g/mol. The monoisotopic (exact) mass is 262 g/mol. The van der Waals surface area contributed by atoms with Crippen molar-refractivity contribution in [2.75, 3.05) is 19.7 Å².